The van der Waals surface area contributed by atoms with Gasteiger partial charge in [-0.2, -0.15) is 0 Å². The van der Waals surface area contributed by atoms with Gasteiger partial charge in [0.15, 0.2) is 0 Å². The Morgan fingerprint density at radius 1 is 1.42 bits per heavy atom. The maximum atomic E-state index is 5.94. The van der Waals surface area contributed by atoms with Crippen LogP contribution in [0.15, 0.2) is 34.7 Å². The van der Waals surface area contributed by atoms with E-state index in [-0.39, 0.29) is 0 Å². The molecule has 0 fully saturated rings. The minimum atomic E-state index is 0.851. The van der Waals surface area contributed by atoms with Crippen molar-refractivity contribution in [3.63, 3.8) is 0 Å². The van der Waals surface area contributed by atoms with Crippen molar-refractivity contribution in [1.29, 1.82) is 0 Å². The molecule has 0 radical (unpaired) electrons. The van der Waals surface area contributed by atoms with Gasteiger partial charge in [-0.25, -0.2) is 0 Å². The fraction of sp³-hybridized carbons (Fsp3) is 0.200. The first-order valence-electron chi connectivity index (χ1n) is 3.88. The predicted molar refractivity (Wildman–Crippen MR) is 58.4 cm³/mol. The summed E-state index contributed by atoms with van der Waals surface area (Å²) in [4.78, 5) is 0. The average Bonchev–Trinajstić information content (AvgIpc) is 2.06. The molecule has 0 atom stereocenters. The molecule has 0 unspecified atom stereocenters. The summed E-state index contributed by atoms with van der Waals surface area (Å²) in [6, 6.07) is 10.1. The molecule has 12 heavy (non-hydrogen) atoms. The van der Waals surface area contributed by atoms with Crippen LogP contribution in [0.1, 0.15) is 12.5 Å². The lowest BCUT2D eigenvalue weighted by Gasteiger charge is -1.95. The number of benzene rings is 1. The van der Waals surface area contributed by atoms with E-state index in [4.69, 9.17) is 11.6 Å². The zero-order valence-corrected chi connectivity index (χ0v) is 8.53. The summed E-state index contributed by atoms with van der Waals surface area (Å²) >= 11 is 7.59. The SMILES string of the molecule is CCS/C(Cl)=C\c1ccccc1. The Morgan fingerprint density at radius 3 is 2.67 bits per heavy atom. The van der Waals surface area contributed by atoms with Crippen LogP contribution in [0.5, 0.6) is 0 Å². The maximum absolute atomic E-state index is 5.94. The molecule has 0 nitrogen and oxygen atoms in total. The quantitative estimate of drug-likeness (QED) is 0.708. The Labute approximate surface area is 82.6 Å². The second kappa shape index (κ2) is 5.28. The van der Waals surface area contributed by atoms with Gasteiger partial charge in [-0.1, -0.05) is 48.9 Å². The summed E-state index contributed by atoms with van der Waals surface area (Å²) in [6.07, 6.45) is 1.98. The molecule has 0 heterocycles. The molecule has 64 valence electrons. The third-order valence-electron chi connectivity index (χ3n) is 1.36. The molecule has 0 saturated carbocycles. The molecule has 0 aliphatic carbocycles. The molecule has 1 rings (SSSR count). The lowest BCUT2D eigenvalue weighted by molar-refractivity contribution is 1.53. The second-order valence-electron chi connectivity index (χ2n) is 2.29. The number of rotatable bonds is 3. The van der Waals surface area contributed by atoms with Crippen molar-refractivity contribution >= 4 is 29.4 Å². The Balaban J connectivity index is 2.67. The van der Waals surface area contributed by atoms with E-state index in [2.05, 4.69) is 6.92 Å². The molecule has 0 amide bonds. The van der Waals surface area contributed by atoms with Crippen molar-refractivity contribution in [2.24, 2.45) is 0 Å². The first-order chi connectivity index (χ1) is 5.83. The van der Waals surface area contributed by atoms with E-state index in [0.717, 1.165) is 15.7 Å². The van der Waals surface area contributed by atoms with Gasteiger partial charge in [-0.3, -0.25) is 0 Å². The van der Waals surface area contributed by atoms with E-state index in [0.29, 0.717) is 0 Å². The molecule has 2 heteroatoms. The van der Waals surface area contributed by atoms with E-state index in [1.165, 1.54) is 0 Å². The summed E-state index contributed by atoms with van der Waals surface area (Å²) in [5.41, 5.74) is 1.16. The number of halogens is 1. The van der Waals surface area contributed by atoms with Crippen molar-refractivity contribution in [3.8, 4) is 0 Å². The highest BCUT2D eigenvalue weighted by Gasteiger charge is 1.90. The van der Waals surface area contributed by atoms with Gasteiger partial charge >= 0.3 is 0 Å². The molecule has 1 aromatic rings. The van der Waals surface area contributed by atoms with E-state index in [9.17, 15) is 0 Å². The van der Waals surface area contributed by atoms with Crippen molar-refractivity contribution in [2.75, 3.05) is 5.75 Å². The van der Waals surface area contributed by atoms with Gasteiger partial charge in [0.1, 0.15) is 0 Å². The minimum absolute atomic E-state index is 0.851. The molecule has 0 saturated heterocycles. The van der Waals surface area contributed by atoms with Gasteiger partial charge in [0, 0.05) is 0 Å². The fourth-order valence-electron chi connectivity index (χ4n) is 0.860. The summed E-state index contributed by atoms with van der Waals surface area (Å²) in [6.45, 7) is 2.09. The largest absolute Gasteiger partial charge is 0.114 e. The van der Waals surface area contributed by atoms with Crippen LogP contribution in [-0.2, 0) is 0 Å². The first kappa shape index (κ1) is 9.69. The number of hydrogen-bond acceptors (Lipinski definition) is 1. The first-order valence-corrected chi connectivity index (χ1v) is 5.24. The van der Waals surface area contributed by atoms with Crippen LogP contribution in [0.3, 0.4) is 0 Å². The molecule has 0 spiro atoms. The Kier molecular flexibility index (Phi) is 4.26. The van der Waals surface area contributed by atoms with Crippen LogP contribution in [0.2, 0.25) is 0 Å². The van der Waals surface area contributed by atoms with Crippen molar-refractivity contribution in [3.05, 3.63) is 40.3 Å². The zero-order chi connectivity index (χ0) is 8.81. The smallest absolute Gasteiger partial charge is 0.0740 e. The highest BCUT2D eigenvalue weighted by atomic mass is 35.5. The van der Waals surface area contributed by atoms with Crippen molar-refractivity contribution < 1.29 is 0 Å². The highest BCUT2D eigenvalue weighted by Crippen LogP contribution is 2.22. The van der Waals surface area contributed by atoms with Gasteiger partial charge in [0.2, 0.25) is 0 Å². The molecule has 0 bridgehead atoms. The lowest BCUT2D eigenvalue weighted by Crippen LogP contribution is -1.71. The van der Waals surface area contributed by atoms with E-state index < -0.39 is 0 Å². The van der Waals surface area contributed by atoms with Crippen LogP contribution in [0, 0.1) is 0 Å². The fourth-order valence-corrected chi connectivity index (χ4v) is 1.81. The standard InChI is InChI=1S/C10H11ClS/c1-2-12-10(11)8-9-6-4-3-5-7-9/h3-8H,2H2,1H3/b10-8-. The molecule has 0 aliphatic heterocycles. The van der Waals surface area contributed by atoms with Crippen LogP contribution in [-0.4, -0.2) is 5.75 Å². The molecule has 1 aromatic carbocycles. The van der Waals surface area contributed by atoms with Gasteiger partial charge in [0.05, 0.1) is 4.36 Å². The molecule has 0 aromatic heterocycles. The Morgan fingerprint density at radius 2 is 2.08 bits per heavy atom. The van der Waals surface area contributed by atoms with Crippen LogP contribution in [0.4, 0.5) is 0 Å². The maximum Gasteiger partial charge on any atom is 0.0740 e. The van der Waals surface area contributed by atoms with E-state index in [1.54, 1.807) is 11.8 Å². The van der Waals surface area contributed by atoms with Crippen molar-refractivity contribution in [2.45, 2.75) is 6.92 Å². The topological polar surface area (TPSA) is 0 Å². The lowest BCUT2D eigenvalue weighted by atomic mass is 10.2. The molecular formula is C10H11ClS. The van der Waals surface area contributed by atoms with Crippen LogP contribution in [0.25, 0.3) is 6.08 Å². The summed E-state index contributed by atoms with van der Waals surface area (Å²) < 4.78 is 0.851. The van der Waals surface area contributed by atoms with E-state index >= 15 is 0 Å². The molecular weight excluding hydrogens is 188 g/mol. The average molecular weight is 199 g/mol. The number of thioether (sulfide) groups is 1. The summed E-state index contributed by atoms with van der Waals surface area (Å²) in [5.74, 6) is 1.02. The number of hydrogen-bond donors (Lipinski definition) is 0. The van der Waals surface area contributed by atoms with Gasteiger partial charge < -0.3 is 0 Å². The summed E-state index contributed by atoms with van der Waals surface area (Å²) in [7, 11) is 0. The second-order valence-corrected chi connectivity index (χ2v) is 4.23. The Hall–Kier alpha value is -0.400. The summed E-state index contributed by atoms with van der Waals surface area (Å²) in [5, 5.41) is 0. The van der Waals surface area contributed by atoms with Gasteiger partial charge in [-0.05, 0) is 17.4 Å². The van der Waals surface area contributed by atoms with E-state index in [1.807, 2.05) is 36.4 Å². The normalized spacial score (nSPS) is 11.7. The third kappa shape index (κ3) is 3.33. The molecule has 0 N–H and O–H groups in total. The zero-order valence-electron chi connectivity index (χ0n) is 6.96. The van der Waals surface area contributed by atoms with Gasteiger partial charge in [0.25, 0.3) is 0 Å². The van der Waals surface area contributed by atoms with Crippen molar-refractivity contribution in [1.82, 2.24) is 0 Å². The third-order valence-corrected chi connectivity index (χ3v) is 2.48. The minimum Gasteiger partial charge on any atom is -0.114 e. The van der Waals surface area contributed by atoms with Crippen LogP contribution < -0.4 is 0 Å². The highest BCUT2D eigenvalue weighted by molar-refractivity contribution is 8.04. The predicted octanol–water partition coefficient (Wildman–Crippen LogP) is 3.98. The molecule has 0 aliphatic rings. The monoisotopic (exact) mass is 198 g/mol. The Bertz CT molecular complexity index is 254. The van der Waals surface area contributed by atoms with Gasteiger partial charge in [-0.15, -0.1) is 11.8 Å². The van der Waals surface area contributed by atoms with Crippen LogP contribution >= 0.6 is 23.4 Å².